The zero-order valence-corrected chi connectivity index (χ0v) is 16.5. The second-order valence-corrected chi connectivity index (χ2v) is 6.59. The molecule has 152 valence electrons. The summed E-state index contributed by atoms with van der Waals surface area (Å²) in [6.07, 6.45) is 6.54. The number of imide groups is 1. The molecule has 3 amide bonds. The molecule has 2 N–H and O–H groups in total. The first kappa shape index (κ1) is 21.6. The predicted molar refractivity (Wildman–Crippen MR) is 103 cm³/mol. The van der Waals surface area contributed by atoms with Crippen LogP contribution in [0.4, 0.5) is 4.79 Å². The number of methoxy groups -OCH3 is 2. The lowest BCUT2D eigenvalue weighted by Crippen LogP contribution is -2.44. The van der Waals surface area contributed by atoms with Crippen LogP contribution in [0, 0.1) is 0 Å². The van der Waals surface area contributed by atoms with Crippen molar-refractivity contribution in [1.82, 2.24) is 10.6 Å². The van der Waals surface area contributed by atoms with Crippen molar-refractivity contribution in [3.05, 3.63) is 28.8 Å². The van der Waals surface area contributed by atoms with Crippen LogP contribution in [-0.4, -0.2) is 44.8 Å². The standard InChI is InChI=1S/C19H23ClN2O6/c1-26-15-10-12(9-14(20)18(15)27-2)7-8-17(24)28-11-16(23)22-19(25)21-13-5-3-4-6-13/h7-10,13H,3-6,11H2,1-2H3,(H2,21,22,23,25)/b8-7+. The van der Waals surface area contributed by atoms with Crippen LogP contribution in [0.2, 0.25) is 5.02 Å². The van der Waals surface area contributed by atoms with E-state index in [1.54, 1.807) is 12.1 Å². The normalized spacial score (nSPS) is 14.0. The van der Waals surface area contributed by atoms with Crippen molar-refractivity contribution in [3.63, 3.8) is 0 Å². The molecule has 2 rings (SSSR count). The quantitative estimate of drug-likeness (QED) is 0.529. The lowest BCUT2D eigenvalue weighted by molar-refractivity contribution is -0.143. The number of nitrogens with one attached hydrogen (secondary N) is 2. The van der Waals surface area contributed by atoms with Gasteiger partial charge in [0, 0.05) is 12.1 Å². The van der Waals surface area contributed by atoms with Crippen molar-refractivity contribution in [2.45, 2.75) is 31.7 Å². The molecule has 0 radical (unpaired) electrons. The molecule has 1 aromatic rings. The molecule has 1 aromatic carbocycles. The van der Waals surface area contributed by atoms with Crippen LogP contribution < -0.4 is 20.1 Å². The third kappa shape index (κ3) is 6.45. The van der Waals surface area contributed by atoms with Crippen molar-refractivity contribution < 1.29 is 28.6 Å². The van der Waals surface area contributed by atoms with Crippen molar-refractivity contribution in [1.29, 1.82) is 0 Å². The molecule has 0 atom stereocenters. The number of carbonyl (C=O) groups excluding carboxylic acids is 3. The van der Waals surface area contributed by atoms with Crippen molar-refractivity contribution in [2.75, 3.05) is 20.8 Å². The van der Waals surface area contributed by atoms with Gasteiger partial charge in [0.05, 0.1) is 19.2 Å². The van der Waals surface area contributed by atoms with E-state index in [0.29, 0.717) is 22.1 Å². The molecule has 1 aliphatic carbocycles. The summed E-state index contributed by atoms with van der Waals surface area (Å²) in [5.41, 5.74) is 0.583. The van der Waals surface area contributed by atoms with E-state index in [-0.39, 0.29) is 6.04 Å². The predicted octanol–water partition coefficient (Wildman–Crippen LogP) is 2.68. The fourth-order valence-corrected chi connectivity index (χ4v) is 3.13. The summed E-state index contributed by atoms with van der Waals surface area (Å²) in [6.45, 7) is -0.562. The zero-order chi connectivity index (χ0) is 20.5. The van der Waals surface area contributed by atoms with Gasteiger partial charge in [-0.1, -0.05) is 24.4 Å². The molecule has 0 spiro atoms. The zero-order valence-electron chi connectivity index (χ0n) is 15.7. The van der Waals surface area contributed by atoms with E-state index in [9.17, 15) is 14.4 Å². The maximum atomic E-state index is 11.8. The Labute approximate surface area is 168 Å². The average molecular weight is 411 g/mol. The third-order valence-electron chi connectivity index (χ3n) is 4.16. The molecule has 0 aromatic heterocycles. The Morgan fingerprint density at radius 1 is 1.18 bits per heavy atom. The van der Waals surface area contributed by atoms with Crippen molar-refractivity contribution in [3.8, 4) is 11.5 Å². The van der Waals surface area contributed by atoms with E-state index in [0.717, 1.165) is 31.8 Å². The van der Waals surface area contributed by atoms with E-state index in [1.165, 1.54) is 20.3 Å². The number of esters is 1. The van der Waals surface area contributed by atoms with Crippen LogP contribution in [0.1, 0.15) is 31.2 Å². The van der Waals surface area contributed by atoms with E-state index < -0.39 is 24.5 Å². The second kappa shape index (κ2) is 10.6. The first-order valence-corrected chi connectivity index (χ1v) is 9.17. The molecule has 8 nitrogen and oxygen atoms in total. The Hall–Kier alpha value is -2.74. The largest absolute Gasteiger partial charge is 0.493 e. The highest BCUT2D eigenvalue weighted by Crippen LogP contribution is 2.36. The van der Waals surface area contributed by atoms with E-state index in [2.05, 4.69) is 10.6 Å². The van der Waals surface area contributed by atoms with Crippen LogP contribution in [0.25, 0.3) is 6.08 Å². The van der Waals surface area contributed by atoms with E-state index in [4.69, 9.17) is 25.8 Å². The summed E-state index contributed by atoms with van der Waals surface area (Å²) in [5.74, 6) is -0.643. The summed E-state index contributed by atoms with van der Waals surface area (Å²) in [7, 11) is 2.94. The molecule has 0 unspecified atom stereocenters. The Balaban J connectivity index is 1.80. The molecular weight excluding hydrogens is 388 g/mol. The fourth-order valence-electron chi connectivity index (χ4n) is 2.84. The van der Waals surface area contributed by atoms with Gasteiger partial charge in [0.1, 0.15) is 0 Å². The molecule has 1 fully saturated rings. The molecule has 9 heteroatoms. The number of halogens is 1. The van der Waals surface area contributed by atoms with Gasteiger partial charge in [-0.25, -0.2) is 9.59 Å². The number of hydrogen-bond acceptors (Lipinski definition) is 6. The van der Waals surface area contributed by atoms with Gasteiger partial charge in [-0.15, -0.1) is 0 Å². The summed E-state index contributed by atoms with van der Waals surface area (Å²) < 4.78 is 15.1. The first-order valence-electron chi connectivity index (χ1n) is 8.79. The molecule has 1 aliphatic rings. The molecule has 0 heterocycles. The molecular formula is C19H23ClN2O6. The number of urea groups is 1. The third-order valence-corrected chi connectivity index (χ3v) is 4.44. The van der Waals surface area contributed by atoms with Gasteiger partial charge in [-0.2, -0.15) is 0 Å². The average Bonchev–Trinajstić information content (AvgIpc) is 3.16. The minimum atomic E-state index is -0.739. The maximum Gasteiger partial charge on any atom is 0.331 e. The van der Waals surface area contributed by atoms with Crippen molar-refractivity contribution in [2.24, 2.45) is 0 Å². The van der Waals surface area contributed by atoms with Crippen LogP contribution in [0.5, 0.6) is 11.5 Å². The summed E-state index contributed by atoms with van der Waals surface area (Å²) in [6, 6.07) is 2.73. The minimum Gasteiger partial charge on any atom is -0.493 e. The summed E-state index contributed by atoms with van der Waals surface area (Å²) in [4.78, 5) is 35.1. The van der Waals surface area contributed by atoms with Gasteiger partial charge in [-0.05, 0) is 36.6 Å². The van der Waals surface area contributed by atoms with Gasteiger partial charge >= 0.3 is 12.0 Å². The Morgan fingerprint density at radius 2 is 1.89 bits per heavy atom. The second-order valence-electron chi connectivity index (χ2n) is 6.18. The lowest BCUT2D eigenvalue weighted by atomic mass is 10.2. The molecule has 0 saturated heterocycles. The monoisotopic (exact) mass is 410 g/mol. The highest BCUT2D eigenvalue weighted by atomic mass is 35.5. The Kier molecular flexibility index (Phi) is 8.13. The molecule has 28 heavy (non-hydrogen) atoms. The van der Waals surface area contributed by atoms with Crippen LogP contribution in [0.3, 0.4) is 0 Å². The molecule has 1 saturated carbocycles. The Morgan fingerprint density at radius 3 is 2.54 bits per heavy atom. The number of carbonyl (C=O) groups is 3. The van der Waals surface area contributed by atoms with Crippen LogP contribution in [0.15, 0.2) is 18.2 Å². The minimum absolute atomic E-state index is 0.0894. The fraction of sp³-hybridized carbons (Fsp3) is 0.421. The molecule has 0 aliphatic heterocycles. The van der Waals surface area contributed by atoms with Gasteiger partial charge in [0.15, 0.2) is 18.1 Å². The summed E-state index contributed by atoms with van der Waals surface area (Å²) in [5, 5.41) is 5.16. The van der Waals surface area contributed by atoms with E-state index in [1.807, 2.05) is 0 Å². The van der Waals surface area contributed by atoms with Crippen LogP contribution >= 0.6 is 11.6 Å². The first-order chi connectivity index (χ1) is 13.4. The maximum absolute atomic E-state index is 11.8. The SMILES string of the molecule is COc1cc(/C=C/C(=O)OCC(=O)NC(=O)NC2CCCC2)cc(Cl)c1OC. The van der Waals surface area contributed by atoms with Gasteiger partial charge in [0.2, 0.25) is 0 Å². The number of rotatable bonds is 7. The Bertz CT molecular complexity index is 759. The van der Waals surface area contributed by atoms with E-state index >= 15 is 0 Å². The van der Waals surface area contributed by atoms with Gasteiger partial charge < -0.3 is 19.5 Å². The highest BCUT2D eigenvalue weighted by Gasteiger charge is 2.18. The number of benzene rings is 1. The van der Waals surface area contributed by atoms with Gasteiger partial charge in [0.25, 0.3) is 5.91 Å². The smallest absolute Gasteiger partial charge is 0.331 e. The molecule has 0 bridgehead atoms. The summed E-state index contributed by atoms with van der Waals surface area (Å²) >= 11 is 6.09. The van der Waals surface area contributed by atoms with Crippen molar-refractivity contribution >= 4 is 35.6 Å². The topological polar surface area (TPSA) is 103 Å². The number of hydrogen-bond donors (Lipinski definition) is 2. The van der Waals surface area contributed by atoms with Gasteiger partial charge in [-0.3, -0.25) is 10.1 Å². The number of ether oxygens (including phenoxy) is 3. The highest BCUT2D eigenvalue weighted by molar-refractivity contribution is 6.32. The lowest BCUT2D eigenvalue weighted by Gasteiger charge is -2.12. The number of amides is 3. The van der Waals surface area contributed by atoms with Crippen LogP contribution in [-0.2, 0) is 14.3 Å².